The number of rotatable bonds is 11. The molecule has 1 N–H and O–H groups in total. The van der Waals surface area contributed by atoms with Gasteiger partial charge in [0.15, 0.2) is 0 Å². The summed E-state index contributed by atoms with van der Waals surface area (Å²) in [5.74, 6) is -2.24. The normalized spacial score (nSPS) is 12.7. The van der Waals surface area contributed by atoms with Crippen molar-refractivity contribution < 1.29 is 35.6 Å². The maximum Gasteiger partial charge on any atom is 0.417 e. The van der Waals surface area contributed by atoms with E-state index < -0.39 is 74.8 Å². The Labute approximate surface area is 282 Å². The molecule has 13 heteroatoms. The van der Waals surface area contributed by atoms with Crippen molar-refractivity contribution in [2.45, 2.75) is 56.4 Å². The van der Waals surface area contributed by atoms with E-state index in [1.54, 1.807) is 63.2 Å². The molecular weight excluding hydrogens is 670 g/mol. The van der Waals surface area contributed by atoms with E-state index >= 15 is 4.39 Å². The third-order valence-corrected chi connectivity index (χ3v) is 9.34. The van der Waals surface area contributed by atoms with Crippen molar-refractivity contribution >= 4 is 39.1 Å². The number of hydrogen-bond donors (Lipinski definition) is 1. The number of halogens is 5. The molecule has 0 saturated carbocycles. The summed E-state index contributed by atoms with van der Waals surface area (Å²) in [6, 6.07) is 22.4. The predicted octanol–water partition coefficient (Wildman–Crippen LogP) is 7.25. The number of nitrogens with one attached hydrogen (secondary N) is 1. The first kappa shape index (κ1) is 36.4. The first-order chi connectivity index (χ1) is 22.5. The van der Waals surface area contributed by atoms with E-state index in [9.17, 15) is 31.2 Å². The van der Waals surface area contributed by atoms with Gasteiger partial charge in [0.1, 0.15) is 18.4 Å². The van der Waals surface area contributed by atoms with E-state index in [4.69, 9.17) is 11.6 Å². The average Bonchev–Trinajstić information content (AvgIpc) is 3.02. The fourth-order valence-corrected chi connectivity index (χ4v) is 6.60. The highest BCUT2D eigenvalue weighted by molar-refractivity contribution is 7.92. The highest BCUT2D eigenvalue weighted by Gasteiger charge is 2.38. The Hall–Kier alpha value is -4.42. The maximum atomic E-state index is 15.0. The number of sulfonamides is 1. The topological polar surface area (TPSA) is 86.8 Å². The number of amides is 2. The second-order valence-electron chi connectivity index (χ2n) is 12.0. The summed E-state index contributed by atoms with van der Waals surface area (Å²) in [7, 11) is -4.67. The van der Waals surface area contributed by atoms with Crippen LogP contribution >= 0.6 is 11.6 Å². The van der Waals surface area contributed by atoms with Crippen molar-refractivity contribution in [1.82, 2.24) is 10.2 Å². The zero-order chi connectivity index (χ0) is 35.3. The van der Waals surface area contributed by atoms with Gasteiger partial charge < -0.3 is 10.2 Å². The third-order valence-electron chi connectivity index (χ3n) is 7.22. The van der Waals surface area contributed by atoms with Gasteiger partial charge in [0.25, 0.3) is 10.0 Å². The molecule has 254 valence electrons. The maximum absolute atomic E-state index is 15.0. The van der Waals surface area contributed by atoms with Crippen molar-refractivity contribution in [3.05, 3.63) is 131 Å². The molecule has 0 aliphatic carbocycles. The van der Waals surface area contributed by atoms with E-state index in [1.807, 2.05) is 0 Å². The summed E-state index contributed by atoms with van der Waals surface area (Å²) in [5, 5.41) is 2.18. The number of benzene rings is 4. The van der Waals surface area contributed by atoms with Crippen molar-refractivity contribution in [2.24, 2.45) is 0 Å². The largest absolute Gasteiger partial charge is 0.417 e. The van der Waals surface area contributed by atoms with Crippen molar-refractivity contribution in [1.29, 1.82) is 0 Å². The molecule has 4 aromatic rings. The Balaban J connectivity index is 1.88. The van der Waals surface area contributed by atoms with Crippen molar-refractivity contribution in [3.8, 4) is 0 Å². The van der Waals surface area contributed by atoms with Gasteiger partial charge in [-0.2, -0.15) is 13.2 Å². The van der Waals surface area contributed by atoms with Gasteiger partial charge in [0, 0.05) is 24.1 Å². The molecule has 0 fully saturated rings. The lowest BCUT2D eigenvalue weighted by molar-refractivity contribution is -0.140. The minimum Gasteiger partial charge on any atom is -0.350 e. The van der Waals surface area contributed by atoms with Gasteiger partial charge in [-0.3, -0.25) is 13.9 Å². The molecule has 2 amide bonds. The molecule has 0 aliphatic heterocycles. The molecule has 0 aliphatic rings. The third kappa shape index (κ3) is 9.13. The van der Waals surface area contributed by atoms with Gasteiger partial charge in [-0.1, -0.05) is 78.3 Å². The molecule has 0 heterocycles. The summed E-state index contributed by atoms with van der Waals surface area (Å²) in [4.78, 5) is 29.1. The zero-order valence-electron chi connectivity index (χ0n) is 26.3. The van der Waals surface area contributed by atoms with E-state index in [2.05, 4.69) is 5.32 Å². The van der Waals surface area contributed by atoms with Crippen LogP contribution in [-0.4, -0.2) is 43.3 Å². The van der Waals surface area contributed by atoms with E-state index in [-0.39, 0.29) is 16.9 Å². The van der Waals surface area contributed by atoms with Gasteiger partial charge in [-0.05, 0) is 62.7 Å². The van der Waals surface area contributed by atoms with Gasteiger partial charge in [0.05, 0.1) is 21.2 Å². The first-order valence-electron chi connectivity index (χ1n) is 14.8. The van der Waals surface area contributed by atoms with Crippen LogP contribution in [0.4, 0.5) is 23.2 Å². The fourth-order valence-electron chi connectivity index (χ4n) is 4.95. The Kier molecular flexibility index (Phi) is 11.2. The number of alkyl halides is 3. The molecule has 48 heavy (non-hydrogen) atoms. The molecule has 0 aromatic heterocycles. The first-order valence-corrected chi connectivity index (χ1v) is 16.6. The van der Waals surface area contributed by atoms with Crippen LogP contribution in [0.3, 0.4) is 0 Å². The number of carbonyl (C=O) groups excluding carboxylic acids is 2. The number of hydrogen-bond acceptors (Lipinski definition) is 4. The predicted molar refractivity (Wildman–Crippen MR) is 176 cm³/mol. The van der Waals surface area contributed by atoms with Crippen LogP contribution in [0.1, 0.15) is 37.5 Å². The minimum absolute atomic E-state index is 0.0342. The highest BCUT2D eigenvalue weighted by Crippen LogP contribution is 2.38. The fraction of sp³-hybridized carbons (Fsp3) is 0.257. The molecule has 1 unspecified atom stereocenters. The van der Waals surface area contributed by atoms with Gasteiger partial charge in [-0.25, -0.2) is 12.8 Å². The molecule has 7 nitrogen and oxygen atoms in total. The van der Waals surface area contributed by atoms with Crippen LogP contribution in [-0.2, 0) is 38.8 Å². The summed E-state index contributed by atoms with van der Waals surface area (Å²) >= 11 is 5.84. The second kappa shape index (κ2) is 14.8. The summed E-state index contributed by atoms with van der Waals surface area (Å²) < 4.78 is 85.4. The number of anilines is 1. The van der Waals surface area contributed by atoms with Crippen LogP contribution in [0, 0.1) is 5.82 Å². The van der Waals surface area contributed by atoms with E-state index in [1.165, 1.54) is 42.5 Å². The Morgan fingerprint density at radius 2 is 1.44 bits per heavy atom. The van der Waals surface area contributed by atoms with E-state index in [0.717, 1.165) is 17.0 Å². The quantitative estimate of drug-likeness (QED) is 0.167. The molecule has 0 bridgehead atoms. The molecule has 0 saturated heterocycles. The monoisotopic (exact) mass is 703 g/mol. The lowest BCUT2D eigenvalue weighted by atomic mass is 10.0. The van der Waals surface area contributed by atoms with Crippen LogP contribution in [0.5, 0.6) is 0 Å². The number of nitrogens with zero attached hydrogens (tertiary/aromatic N) is 2. The lowest BCUT2D eigenvalue weighted by Crippen LogP contribution is -2.56. The summed E-state index contributed by atoms with van der Waals surface area (Å²) in [6.45, 7) is 3.73. The van der Waals surface area contributed by atoms with Gasteiger partial charge in [-0.15, -0.1) is 0 Å². The van der Waals surface area contributed by atoms with E-state index in [0.29, 0.717) is 15.9 Å². The van der Waals surface area contributed by atoms with Crippen LogP contribution < -0.4 is 9.62 Å². The Bertz CT molecular complexity index is 1850. The molecule has 4 rings (SSSR count). The van der Waals surface area contributed by atoms with Crippen LogP contribution in [0.15, 0.2) is 108 Å². The standard InChI is InChI=1S/C35H34ClF4N3O4S/c1-34(2,3)41-33(45)31(20-24-12-6-4-7-13-24)42(22-25-14-10-11-17-30(25)37)32(44)23-43(48(46,47)27-15-8-5-9-16-27)26-18-19-29(36)28(21-26)35(38,39)40/h4-19,21,31H,20,22-23H2,1-3H3,(H,41,45). The average molecular weight is 704 g/mol. The number of carbonyl (C=O) groups is 2. The molecule has 0 radical (unpaired) electrons. The molecular formula is C35H34ClF4N3O4S. The highest BCUT2D eigenvalue weighted by atomic mass is 35.5. The molecule has 1 atom stereocenters. The van der Waals surface area contributed by atoms with Crippen LogP contribution in [0.2, 0.25) is 5.02 Å². The lowest BCUT2D eigenvalue weighted by Gasteiger charge is -2.35. The SMILES string of the molecule is CC(C)(C)NC(=O)C(Cc1ccccc1)N(Cc1ccccc1F)C(=O)CN(c1ccc(Cl)c(C(F)(F)F)c1)S(=O)(=O)c1ccccc1. The Morgan fingerprint density at radius 3 is 2.02 bits per heavy atom. The second-order valence-corrected chi connectivity index (χ2v) is 14.3. The molecule has 4 aromatic carbocycles. The van der Waals surface area contributed by atoms with Crippen LogP contribution in [0.25, 0.3) is 0 Å². The molecule has 0 spiro atoms. The minimum atomic E-state index is -4.94. The van der Waals surface area contributed by atoms with Gasteiger partial charge >= 0.3 is 6.18 Å². The van der Waals surface area contributed by atoms with Crippen molar-refractivity contribution in [2.75, 3.05) is 10.8 Å². The smallest absolute Gasteiger partial charge is 0.350 e. The Morgan fingerprint density at radius 1 is 0.854 bits per heavy atom. The zero-order valence-corrected chi connectivity index (χ0v) is 27.9. The summed E-state index contributed by atoms with van der Waals surface area (Å²) in [5.41, 5.74) is -1.86. The van der Waals surface area contributed by atoms with Crippen molar-refractivity contribution in [3.63, 3.8) is 0 Å². The van der Waals surface area contributed by atoms with Gasteiger partial charge in [0.2, 0.25) is 11.8 Å². The summed E-state index contributed by atoms with van der Waals surface area (Å²) in [6.07, 6.45) is -4.98.